The lowest BCUT2D eigenvalue weighted by Crippen LogP contribution is -2.23. The van der Waals surface area contributed by atoms with Gasteiger partial charge in [0.15, 0.2) is 5.03 Å². The monoisotopic (exact) mass is 338 g/mol. The highest BCUT2D eigenvalue weighted by Crippen LogP contribution is 2.14. The summed E-state index contributed by atoms with van der Waals surface area (Å²) in [6.45, 7) is 1.80. The van der Waals surface area contributed by atoms with Crippen molar-refractivity contribution in [3.63, 3.8) is 0 Å². The average Bonchev–Trinajstić information content (AvgIpc) is 3.18. The molecule has 8 nitrogen and oxygen atoms in total. The van der Waals surface area contributed by atoms with Crippen LogP contribution in [0.15, 0.2) is 34.9 Å². The van der Waals surface area contributed by atoms with Gasteiger partial charge in [0.1, 0.15) is 10.8 Å². The van der Waals surface area contributed by atoms with Gasteiger partial charge in [0.2, 0.25) is 0 Å². The molecule has 3 aromatic heterocycles. The summed E-state index contributed by atoms with van der Waals surface area (Å²) >= 11 is 1.52. The standard InChI is InChI=1S/C12H14N6O2S2/c1-9-14-11(8-17(9)2)22(19,20)13-6-10-7-18(16-15-10)12-4-3-5-21-12/h3-5,7-8,13H,6H2,1-2H3. The van der Waals surface area contributed by atoms with Gasteiger partial charge in [-0.2, -0.15) is 0 Å². The molecular formula is C12H14N6O2S2. The molecule has 1 N–H and O–H groups in total. The van der Waals surface area contributed by atoms with Crippen LogP contribution in [0, 0.1) is 6.92 Å². The molecule has 0 aliphatic carbocycles. The topological polar surface area (TPSA) is 94.7 Å². The second-order valence-corrected chi connectivity index (χ2v) is 7.31. The largest absolute Gasteiger partial charge is 0.337 e. The Kier molecular flexibility index (Phi) is 3.81. The first-order chi connectivity index (χ1) is 10.5. The van der Waals surface area contributed by atoms with Crippen molar-refractivity contribution in [1.82, 2.24) is 29.3 Å². The van der Waals surface area contributed by atoms with Gasteiger partial charge in [0.25, 0.3) is 10.0 Å². The molecule has 3 rings (SSSR count). The van der Waals surface area contributed by atoms with Gasteiger partial charge in [0.05, 0.1) is 18.4 Å². The number of sulfonamides is 1. The summed E-state index contributed by atoms with van der Waals surface area (Å²) in [6.07, 6.45) is 3.16. The zero-order valence-electron chi connectivity index (χ0n) is 12.0. The van der Waals surface area contributed by atoms with Gasteiger partial charge in [0, 0.05) is 13.2 Å². The third-order valence-electron chi connectivity index (χ3n) is 3.08. The fourth-order valence-corrected chi connectivity index (χ4v) is 3.47. The summed E-state index contributed by atoms with van der Waals surface area (Å²) in [4.78, 5) is 4.01. The second-order valence-electron chi connectivity index (χ2n) is 4.67. The molecule has 10 heteroatoms. The van der Waals surface area contributed by atoms with Crippen LogP contribution >= 0.6 is 11.3 Å². The van der Waals surface area contributed by atoms with Gasteiger partial charge in [-0.25, -0.2) is 22.8 Å². The van der Waals surface area contributed by atoms with Gasteiger partial charge in [-0.3, -0.25) is 0 Å². The predicted octanol–water partition coefficient (Wildman–Crippen LogP) is 0.849. The van der Waals surface area contributed by atoms with Crippen LogP contribution in [0.4, 0.5) is 0 Å². The summed E-state index contributed by atoms with van der Waals surface area (Å²) in [5.41, 5.74) is 0.532. The zero-order valence-corrected chi connectivity index (χ0v) is 13.6. The highest BCUT2D eigenvalue weighted by atomic mass is 32.2. The molecule has 116 valence electrons. The van der Waals surface area contributed by atoms with Crippen LogP contribution in [-0.2, 0) is 23.6 Å². The van der Waals surface area contributed by atoms with Crippen LogP contribution in [-0.4, -0.2) is 33.0 Å². The Morgan fingerprint density at radius 3 is 2.82 bits per heavy atom. The fraction of sp³-hybridized carbons (Fsp3) is 0.250. The maximum absolute atomic E-state index is 12.2. The van der Waals surface area contributed by atoms with Crippen LogP contribution in [0.2, 0.25) is 0 Å². The number of imidazole rings is 1. The minimum Gasteiger partial charge on any atom is -0.337 e. The first-order valence-electron chi connectivity index (χ1n) is 6.40. The van der Waals surface area contributed by atoms with E-state index in [-0.39, 0.29) is 11.6 Å². The van der Waals surface area contributed by atoms with Crippen LogP contribution in [0.25, 0.3) is 5.00 Å². The average molecular weight is 338 g/mol. The summed E-state index contributed by atoms with van der Waals surface area (Å²) < 4.78 is 30.1. The SMILES string of the molecule is Cc1nc(S(=O)(=O)NCc2cn(-c3cccs3)nn2)cn1C. The molecule has 0 aliphatic heterocycles. The zero-order chi connectivity index (χ0) is 15.7. The van der Waals surface area contributed by atoms with E-state index in [2.05, 4.69) is 20.0 Å². The van der Waals surface area contributed by atoms with Crippen molar-refractivity contribution in [3.05, 3.63) is 41.4 Å². The van der Waals surface area contributed by atoms with Crippen LogP contribution in [0.5, 0.6) is 0 Å². The van der Waals surface area contributed by atoms with E-state index in [1.54, 1.807) is 29.4 Å². The summed E-state index contributed by atoms with van der Waals surface area (Å²) in [7, 11) is -1.92. The van der Waals surface area contributed by atoms with Gasteiger partial charge in [-0.05, 0) is 24.4 Å². The molecule has 0 spiro atoms. The van der Waals surface area contributed by atoms with E-state index in [1.165, 1.54) is 17.5 Å². The lowest BCUT2D eigenvalue weighted by molar-refractivity contribution is 0.577. The van der Waals surface area contributed by atoms with Crippen molar-refractivity contribution in [2.75, 3.05) is 0 Å². The normalized spacial score (nSPS) is 11.9. The van der Waals surface area contributed by atoms with Gasteiger partial charge in [-0.1, -0.05) is 5.21 Å². The minimum atomic E-state index is -3.66. The van der Waals surface area contributed by atoms with Crippen molar-refractivity contribution in [2.24, 2.45) is 7.05 Å². The van der Waals surface area contributed by atoms with Crippen molar-refractivity contribution in [2.45, 2.75) is 18.5 Å². The molecule has 0 saturated heterocycles. The Hall–Kier alpha value is -2.04. The Morgan fingerprint density at radius 1 is 1.36 bits per heavy atom. The van der Waals surface area contributed by atoms with Crippen molar-refractivity contribution in [1.29, 1.82) is 0 Å². The number of nitrogens with one attached hydrogen (secondary N) is 1. The van der Waals surface area contributed by atoms with E-state index in [0.29, 0.717) is 11.5 Å². The molecule has 0 fully saturated rings. The number of hydrogen-bond acceptors (Lipinski definition) is 6. The summed E-state index contributed by atoms with van der Waals surface area (Å²) in [5.74, 6) is 0.629. The molecule has 3 aromatic rings. The van der Waals surface area contributed by atoms with Gasteiger partial charge >= 0.3 is 0 Å². The number of aryl methyl sites for hydroxylation is 2. The molecular weight excluding hydrogens is 324 g/mol. The van der Waals surface area contributed by atoms with Crippen LogP contribution in [0.1, 0.15) is 11.5 Å². The van der Waals surface area contributed by atoms with Crippen LogP contribution in [0.3, 0.4) is 0 Å². The third-order valence-corrected chi connectivity index (χ3v) is 5.21. The minimum absolute atomic E-state index is 0.00171. The van der Waals surface area contributed by atoms with E-state index < -0.39 is 10.0 Å². The first kappa shape index (κ1) is 14.9. The lowest BCUT2D eigenvalue weighted by atomic mass is 10.5. The molecule has 0 radical (unpaired) electrons. The van der Waals surface area contributed by atoms with Crippen molar-refractivity contribution in [3.8, 4) is 5.00 Å². The van der Waals surface area contributed by atoms with E-state index in [1.807, 2.05) is 17.5 Å². The van der Waals surface area contributed by atoms with Crippen molar-refractivity contribution < 1.29 is 8.42 Å². The van der Waals surface area contributed by atoms with E-state index in [4.69, 9.17) is 0 Å². The Bertz CT molecular complexity index is 859. The molecule has 0 aromatic carbocycles. The fourth-order valence-electron chi connectivity index (χ4n) is 1.79. The quantitative estimate of drug-likeness (QED) is 0.744. The van der Waals surface area contributed by atoms with Gasteiger partial charge in [-0.15, -0.1) is 16.4 Å². The third kappa shape index (κ3) is 2.93. The van der Waals surface area contributed by atoms with E-state index in [9.17, 15) is 8.42 Å². The Balaban J connectivity index is 1.72. The van der Waals surface area contributed by atoms with E-state index in [0.717, 1.165) is 5.00 Å². The molecule has 0 unspecified atom stereocenters. The number of rotatable bonds is 5. The lowest BCUT2D eigenvalue weighted by Gasteiger charge is -2.01. The molecule has 0 aliphatic rings. The molecule has 22 heavy (non-hydrogen) atoms. The van der Waals surface area contributed by atoms with Crippen molar-refractivity contribution >= 4 is 21.4 Å². The Morgan fingerprint density at radius 2 is 2.18 bits per heavy atom. The number of thiophene rings is 1. The van der Waals surface area contributed by atoms with E-state index >= 15 is 0 Å². The molecule has 3 heterocycles. The second kappa shape index (κ2) is 5.63. The molecule has 0 saturated carbocycles. The highest BCUT2D eigenvalue weighted by molar-refractivity contribution is 7.89. The summed E-state index contributed by atoms with van der Waals surface area (Å²) in [6, 6.07) is 3.82. The molecule has 0 bridgehead atoms. The summed E-state index contributed by atoms with van der Waals surface area (Å²) in [5, 5.41) is 10.8. The predicted molar refractivity (Wildman–Crippen MR) is 81.2 cm³/mol. The number of nitrogens with zero attached hydrogens (tertiary/aromatic N) is 5. The molecule has 0 amide bonds. The maximum Gasteiger partial charge on any atom is 0.259 e. The smallest absolute Gasteiger partial charge is 0.259 e. The van der Waals surface area contributed by atoms with Crippen LogP contribution < -0.4 is 4.72 Å². The maximum atomic E-state index is 12.2. The number of hydrogen-bond donors (Lipinski definition) is 1. The number of aromatic nitrogens is 5. The highest BCUT2D eigenvalue weighted by Gasteiger charge is 2.18. The Labute approximate surface area is 131 Å². The van der Waals surface area contributed by atoms with Gasteiger partial charge < -0.3 is 4.57 Å². The molecule has 0 atom stereocenters. The first-order valence-corrected chi connectivity index (χ1v) is 8.77.